The molecule has 158 valence electrons. The summed E-state index contributed by atoms with van der Waals surface area (Å²) in [5.41, 5.74) is 2.58. The standard InChI is InChI=1S/C19H25N9O2/c1-15-21-18(19(24(15)2)28(29)30)5-8-27-14-16(22-23-27)13-25-9-11-26(12-10-25)17-3-6-20-7-4-17/h3-4,6-7,14H,5,8-13H2,1-2H3. The monoisotopic (exact) mass is 411 g/mol. The Kier molecular flexibility index (Phi) is 5.70. The lowest BCUT2D eigenvalue weighted by Gasteiger charge is -2.35. The highest BCUT2D eigenvalue weighted by molar-refractivity contribution is 5.44. The van der Waals surface area contributed by atoms with E-state index in [4.69, 9.17) is 0 Å². The number of imidazole rings is 1. The van der Waals surface area contributed by atoms with E-state index in [2.05, 4.69) is 30.1 Å². The lowest BCUT2D eigenvalue weighted by atomic mass is 10.2. The Morgan fingerprint density at radius 3 is 2.60 bits per heavy atom. The van der Waals surface area contributed by atoms with Crippen molar-refractivity contribution in [3.8, 4) is 0 Å². The van der Waals surface area contributed by atoms with Crippen LogP contribution in [0.5, 0.6) is 0 Å². The van der Waals surface area contributed by atoms with Crippen LogP contribution in [-0.2, 0) is 26.6 Å². The number of hydrogen-bond donors (Lipinski definition) is 0. The largest absolute Gasteiger partial charge is 0.369 e. The molecule has 1 fully saturated rings. The molecule has 4 heterocycles. The Balaban J connectivity index is 1.30. The summed E-state index contributed by atoms with van der Waals surface area (Å²) < 4.78 is 3.24. The third-order valence-corrected chi connectivity index (χ3v) is 5.48. The highest BCUT2D eigenvalue weighted by Crippen LogP contribution is 2.20. The van der Waals surface area contributed by atoms with E-state index in [9.17, 15) is 10.1 Å². The smallest absolute Gasteiger partial charge is 0.345 e. The Bertz CT molecular complexity index is 1010. The molecule has 11 heteroatoms. The summed E-state index contributed by atoms with van der Waals surface area (Å²) in [5, 5.41) is 19.8. The van der Waals surface area contributed by atoms with E-state index in [-0.39, 0.29) is 10.7 Å². The molecule has 0 atom stereocenters. The van der Waals surface area contributed by atoms with E-state index in [0.717, 1.165) is 38.4 Å². The van der Waals surface area contributed by atoms with Gasteiger partial charge in [0.1, 0.15) is 5.69 Å². The first-order valence-corrected chi connectivity index (χ1v) is 9.94. The molecule has 0 spiro atoms. The number of hydrogen-bond acceptors (Lipinski definition) is 8. The van der Waals surface area contributed by atoms with Crippen LogP contribution in [0.3, 0.4) is 0 Å². The molecule has 0 bridgehead atoms. The average molecular weight is 411 g/mol. The first-order chi connectivity index (χ1) is 14.5. The molecule has 11 nitrogen and oxygen atoms in total. The minimum atomic E-state index is -0.381. The molecule has 0 aromatic carbocycles. The predicted octanol–water partition coefficient (Wildman–Crippen LogP) is 1.19. The lowest BCUT2D eigenvalue weighted by Crippen LogP contribution is -2.46. The number of anilines is 1. The second-order valence-electron chi connectivity index (χ2n) is 7.44. The molecule has 0 unspecified atom stereocenters. The second-order valence-corrected chi connectivity index (χ2v) is 7.44. The van der Waals surface area contributed by atoms with E-state index < -0.39 is 0 Å². The molecular formula is C19H25N9O2. The molecule has 0 N–H and O–H groups in total. The van der Waals surface area contributed by atoms with Crippen LogP contribution in [0.25, 0.3) is 0 Å². The van der Waals surface area contributed by atoms with Gasteiger partial charge in [-0.05, 0) is 17.1 Å². The zero-order chi connectivity index (χ0) is 21.1. The normalized spacial score (nSPS) is 14.9. The van der Waals surface area contributed by atoms with Gasteiger partial charge < -0.3 is 15.0 Å². The Hall–Kier alpha value is -3.34. The molecule has 0 radical (unpaired) electrons. The number of aryl methyl sites for hydroxylation is 3. The number of nitrogens with zero attached hydrogens (tertiary/aromatic N) is 9. The Morgan fingerprint density at radius 2 is 1.90 bits per heavy atom. The molecule has 0 amide bonds. The van der Waals surface area contributed by atoms with Crippen LogP contribution in [0.15, 0.2) is 30.7 Å². The number of piperazine rings is 1. The summed E-state index contributed by atoms with van der Waals surface area (Å²) in [4.78, 5) is 24.0. The molecule has 30 heavy (non-hydrogen) atoms. The maximum absolute atomic E-state index is 11.3. The molecule has 0 saturated carbocycles. The molecule has 1 saturated heterocycles. The molecule has 1 aliphatic rings. The van der Waals surface area contributed by atoms with E-state index in [1.54, 1.807) is 18.7 Å². The van der Waals surface area contributed by atoms with Gasteiger partial charge >= 0.3 is 5.82 Å². The maximum atomic E-state index is 11.3. The minimum absolute atomic E-state index is 0.0416. The van der Waals surface area contributed by atoms with Crippen molar-refractivity contribution < 1.29 is 4.92 Å². The Morgan fingerprint density at radius 1 is 1.17 bits per heavy atom. The van der Waals surface area contributed by atoms with E-state index in [1.807, 2.05) is 30.7 Å². The van der Waals surface area contributed by atoms with Crippen LogP contribution < -0.4 is 4.90 Å². The van der Waals surface area contributed by atoms with Gasteiger partial charge in [-0.3, -0.25) is 14.6 Å². The van der Waals surface area contributed by atoms with Crippen LogP contribution in [0.2, 0.25) is 0 Å². The van der Waals surface area contributed by atoms with Gasteiger partial charge in [-0.15, -0.1) is 5.10 Å². The number of aromatic nitrogens is 6. The van der Waals surface area contributed by atoms with E-state index in [0.29, 0.717) is 24.5 Å². The van der Waals surface area contributed by atoms with Gasteiger partial charge in [-0.25, -0.2) is 9.55 Å². The van der Waals surface area contributed by atoms with E-state index >= 15 is 0 Å². The number of rotatable bonds is 7. The molecule has 0 aliphatic carbocycles. The van der Waals surface area contributed by atoms with Crippen LogP contribution >= 0.6 is 0 Å². The van der Waals surface area contributed by atoms with Gasteiger partial charge in [-0.2, -0.15) is 0 Å². The van der Waals surface area contributed by atoms with Crippen LogP contribution in [0, 0.1) is 17.0 Å². The first kappa shape index (κ1) is 20.0. The Labute approximate surface area is 174 Å². The predicted molar refractivity (Wildman–Crippen MR) is 110 cm³/mol. The fraction of sp³-hybridized carbons (Fsp3) is 0.474. The second kappa shape index (κ2) is 8.57. The topological polar surface area (TPSA) is 111 Å². The van der Waals surface area contributed by atoms with Crippen molar-refractivity contribution in [1.29, 1.82) is 0 Å². The quantitative estimate of drug-likeness (QED) is 0.421. The lowest BCUT2D eigenvalue weighted by molar-refractivity contribution is -0.392. The maximum Gasteiger partial charge on any atom is 0.345 e. The highest BCUT2D eigenvalue weighted by atomic mass is 16.6. The third-order valence-electron chi connectivity index (χ3n) is 5.48. The fourth-order valence-corrected chi connectivity index (χ4v) is 3.75. The van der Waals surface area contributed by atoms with Gasteiger partial charge in [0.15, 0.2) is 5.82 Å². The zero-order valence-corrected chi connectivity index (χ0v) is 17.2. The minimum Gasteiger partial charge on any atom is -0.369 e. The van der Waals surface area contributed by atoms with Crippen molar-refractivity contribution in [2.45, 2.75) is 26.4 Å². The van der Waals surface area contributed by atoms with Crippen molar-refractivity contribution in [3.05, 3.63) is 58.0 Å². The van der Waals surface area contributed by atoms with Gasteiger partial charge in [-0.1, -0.05) is 5.21 Å². The summed E-state index contributed by atoms with van der Waals surface area (Å²) in [6, 6.07) is 4.07. The summed E-state index contributed by atoms with van der Waals surface area (Å²) in [6.07, 6.45) is 5.99. The van der Waals surface area contributed by atoms with Gasteiger partial charge in [0.25, 0.3) is 0 Å². The van der Waals surface area contributed by atoms with Gasteiger partial charge in [0.2, 0.25) is 0 Å². The third kappa shape index (κ3) is 4.30. The first-order valence-electron chi connectivity index (χ1n) is 9.94. The van der Waals surface area contributed by atoms with Crippen LogP contribution in [0.1, 0.15) is 17.2 Å². The summed E-state index contributed by atoms with van der Waals surface area (Å²) in [6.45, 7) is 6.83. The fourth-order valence-electron chi connectivity index (χ4n) is 3.75. The highest BCUT2D eigenvalue weighted by Gasteiger charge is 2.22. The van der Waals surface area contributed by atoms with Crippen molar-refractivity contribution in [2.75, 3.05) is 31.1 Å². The zero-order valence-electron chi connectivity index (χ0n) is 17.2. The van der Waals surface area contributed by atoms with Crippen molar-refractivity contribution in [3.63, 3.8) is 0 Å². The molecule has 1 aliphatic heterocycles. The van der Waals surface area contributed by atoms with Crippen molar-refractivity contribution in [1.82, 2.24) is 34.4 Å². The van der Waals surface area contributed by atoms with Gasteiger partial charge in [0.05, 0.1) is 12.7 Å². The molecule has 4 rings (SSSR count). The van der Waals surface area contributed by atoms with Crippen LogP contribution in [-0.4, -0.2) is 65.5 Å². The average Bonchev–Trinajstić information content (AvgIpc) is 3.31. The molecule has 3 aromatic heterocycles. The van der Waals surface area contributed by atoms with Gasteiger partial charge in [0, 0.05) is 76.9 Å². The molecular weight excluding hydrogens is 386 g/mol. The summed E-state index contributed by atoms with van der Waals surface area (Å²) in [5.74, 6) is 0.668. The number of nitro groups is 1. The SMILES string of the molecule is Cc1nc(CCn2cc(CN3CCN(c4ccncc4)CC3)nn2)c([N+](=O)[O-])n1C. The van der Waals surface area contributed by atoms with Crippen molar-refractivity contribution >= 4 is 11.5 Å². The molecule has 3 aromatic rings. The summed E-state index contributed by atoms with van der Waals surface area (Å²) >= 11 is 0. The van der Waals surface area contributed by atoms with E-state index in [1.165, 1.54) is 10.3 Å². The van der Waals surface area contributed by atoms with Crippen LogP contribution in [0.4, 0.5) is 11.5 Å². The van der Waals surface area contributed by atoms with Crippen molar-refractivity contribution in [2.24, 2.45) is 7.05 Å². The summed E-state index contributed by atoms with van der Waals surface area (Å²) in [7, 11) is 1.66. The number of pyridine rings is 1.